The zero-order chi connectivity index (χ0) is 21.0. The Morgan fingerprint density at radius 1 is 1.14 bits per heavy atom. The molecule has 1 amide bonds. The molecule has 156 valence electrons. The number of aryl methyl sites for hydroxylation is 1. The third-order valence-electron chi connectivity index (χ3n) is 5.36. The molecule has 0 radical (unpaired) electrons. The van der Waals surface area contributed by atoms with Crippen LogP contribution in [0, 0.1) is 12.8 Å². The smallest absolute Gasteiger partial charge is 0.243 e. The highest BCUT2D eigenvalue weighted by molar-refractivity contribution is 7.89. The van der Waals surface area contributed by atoms with Crippen molar-refractivity contribution in [1.82, 2.24) is 4.31 Å². The van der Waals surface area contributed by atoms with Crippen LogP contribution in [0.1, 0.15) is 25.3 Å². The molecule has 7 heteroatoms. The molecular formula is C22H28N2O4S. The van der Waals surface area contributed by atoms with Crippen molar-refractivity contribution in [3.05, 3.63) is 54.1 Å². The number of rotatable bonds is 6. The molecule has 0 unspecified atom stereocenters. The molecule has 1 fully saturated rings. The number of sulfonamides is 1. The van der Waals surface area contributed by atoms with Crippen molar-refractivity contribution < 1.29 is 17.9 Å². The molecule has 0 atom stereocenters. The standard InChI is InChI=1S/C22H28N2O4S/c1-4-28-21-11-10-20(16-17(21)2)29(26,27)24-14-12-18(13-15-24)22(25)23(3)19-8-6-5-7-9-19/h5-11,16,18H,4,12-15H2,1-3H3. The maximum atomic E-state index is 13.0. The van der Waals surface area contributed by atoms with Gasteiger partial charge in [-0.25, -0.2) is 8.42 Å². The fourth-order valence-corrected chi connectivity index (χ4v) is 5.20. The third kappa shape index (κ3) is 4.62. The first-order valence-corrected chi connectivity index (χ1v) is 11.3. The van der Waals surface area contributed by atoms with E-state index in [1.165, 1.54) is 4.31 Å². The number of carbonyl (C=O) groups excluding carboxylic acids is 1. The Labute approximate surface area is 173 Å². The number of hydrogen-bond acceptors (Lipinski definition) is 4. The van der Waals surface area contributed by atoms with Gasteiger partial charge in [-0.2, -0.15) is 4.31 Å². The highest BCUT2D eigenvalue weighted by Crippen LogP contribution is 2.28. The molecule has 1 aliphatic rings. The Bertz CT molecular complexity index is 952. The molecule has 1 heterocycles. The first-order chi connectivity index (χ1) is 13.8. The second-order valence-electron chi connectivity index (χ2n) is 7.27. The highest BCUT2D eigenvalue weighted by Gasteiger charge is 2.33. The highest BCUT2D eigenvalue weighted by atomic mass is 32.2. The van der Waals surface area contributed by atoms with Gasteiger partial charge in [-0.1, -0.05) is 18.2 Å². The fraction of sp³-hybridized carbons (Fsp3) is 0.409. The number of carbonyl (C=O) groups is 1. The SMILES string of the molecule is CCOc1ccc(S(=O)(=O)N2CCC(C(=O)N(C)c3ccccc3)CC2)cc1C. The van der Waals surface area contributed by atoms with Crippen LogP contribution in [0.15, 0.2) is 53.4 Å². The summed E-state index contributed by atoms with van der Waals surface area (Å²) in [6.45, 7) is 4.95. The molecule has 0 bridgehead atoms. The summed E-state index contributed by atoms with van der Waals surface area (Å²) >= 11 is 0. The number of piperidine rings is 1. The van der Waals surface area contributed by atoms with Crippen LogP contribution in [0.5, 0.6) is 5.75 Å². The number of benzene rings is 2. The van der Waals surface area contributed by atoms with Gasteiger partial charge in [-0.15, -0.1) is 0 Å². The van der Waals surface area contributed by atoms with E-state index in [1.807, 2.05) is 44.2 Å². The van der Waals surface area contributed by atoms with Crippen LogP contribution in [0.4, 0.5) is 5.69 Å². The Morgan fingerprint density at radius 3 is 2.38 bits per heavy atom. The van der Waals surface area contributed by atoms with Gasteiger partial charge in [0.25, 0.3) is 0 Å². The summed E-state index contributed by atoms with van der Waals surface area (Å²) in [6.07, 6.45) is 1.04. The van der Waals surface area contributed by atoms with Crippen molar-refractivity contribution in [2.24, 2.45) is 5.92 Å². The van der Waals surface area contributed by atoms with E-state index in [-0.39, 0.29) is 16.7 Å². The van der Waals surface area contributed by atoms with Gasteiger partial charge in [0, 0.05) is 31.7 Å². The van der Waals surface area contributed by atoms with E-state index in [1.54, 1.807) is 30.1 Å². The van der Waals surface area contributed by atoms with Crippen molar-refractivity contribution in [1.29, 1.82) is 0 Å². The predicted octanol–water partition coefficient (Wildman–Crippen LogP) is 3.46. The van der Waals surface area contributed by atoms with E-state index in [4.69, 9.17) is 4.74 Å². The number of nitrogens with zero attached hydrogens (tertiary/aromatic N) is 2. The van der Waals surface area contributed by atoms with E-state index < -0.39 is 10.0 Å². The minimum absolute atomic E-state index is 0.0326. The van der Waals surface area contributed by atoms with Crippen LogP contribution in [-0.4, -0.2) is 45.4 Å². The molecular weight excluding hydrogens is 388 g/mol. The van der Waals surface area contributed by atoms with E-state index in [0.717, 1.165) is 11.3 Å². The maximum absolute atomic E-state index is 13.0. The van der Waals surface area contributed by atoms with E-state index in [9.17, 15) is 13.2 Å². The normalized spacial score (nSPS) is 15.8. The van der Waals surface area contributed by atoms with Crippen LogP contribution in [0.2, 0.25) is 0 Å². The Hall–Kier alpha value is -2.38. The molecule has 1 saturated heterocycles. The predicted molar refractivity (Wildman–Crippen MR) is 114 cm³/mol. The average molecular weight is 417 g/mol. The Morgan fingerprint density at radius 2 is 1.79 bits per heavy atom. The zero-order valence-corrected chi connectivity index (χ0v) is 18.0. The summed E-state index contributed by atoms with van der Waals surface area (Å²) in [7, 11) is -1.82. The van der Waals surface area contributed by atoms with Gasteiger partial charge in [0.05, 0.1) is 11.5 Å². The van der Waals surface area contributed by atoms with Crippen LogP contribution >= 0.6 is 0 Å². The quantitative estimate of drug-likeness (QED) is 0.723. The third-order valence-corrected chi connectivity index (χ3v) is 7.26. The minimum Gasteiger partial charge on any atom is -0.494 e. The van der Waals surface area contributed by atoms with Crippen molar-refractivity contribution in [3.8, 4) is 5.75 Å². The largest absolute Gasteiger partial charge is 0.494 e. The van der Waals surface area contributed by atoms with Crippen molar-refractivity contribution in [2.75, 3.05) is 31.6 Å². The number of ether oxygens (including phenoxy) is 1. The average Bonchev–Trinajstić information content (AvgIpc) is 2.75. The van der Waals surface area contributed by atoms with Gasteiger partial charge >= 0.3 is 0 Å². The lowest BCUT2D eigenvalue weighted by molar-refractivity contribution is -0.123. The van der Waals surface area contributed by atoms with Crippen molar-refractivity contribution >= 4 is 21.6 Å². The second kappa shape index (κ2) is 8.97. The summed E-state index contributed by atoms with van der Waals surface area (Å²) in [4.78, 5) is 14.7. The zero-order valence-electron chi connectivity index (χ0n) is 17.2. The minimum atomic E-state index is -3.58. The molecule has 1 aliphatic heterocycles. The van der Waals surface area contributed by atoms with Crippen LogP contribution in [0.25, 0.3) is 0 Å². The van der Waals surface area contributed by atoms with Crippen molar-refractivity contribution in [2.45, 2.75) is 31.6 Å². The van der Waals surface area contributed by atoms with Gasteiger partial charge < -0.3 is 9.64 Å². The van der Waals surface area contributed by atoms with Crippen molar-refractivity contribution in [3.63, 3.8) is 0 Å². The van der Waals surface area contributed by atoms with Crippen LogP contribution < -0.4 is 9.64 Å². The topological polar surface area (TPSA) is 66.9 Å². The van der Waals surface area contributed by atoms with Gasteiger partial charge in [-0.05, 0) is 62.6 Å². The maximum Gasteiger partial charge on any atom is 0.243 e. The van der Waals surface area contributed by atoms with Gasteiger partial charge in [0.1, 0.15) is 5.75 Å². The summed E-state index contributed by atoms with van der Waals surface area (Å²) in [6, 6.07) is 14.4. The first kappa shape index (κ1) is 21.3. The lowest BCUT2D eigenvalue weighted by Crippen LogP contribution is -2.43. The molecule has 29 heavy (non-hydrogen) atoms. The molecule has 0 spiro atoms. The van der Waals surface area contributed by atoms with E-state index in [2.05, 4.69) is 0 Å². The molecule has 0 aliphatic carbocycles. The summed E-state index contributed by atoms with van der Waals surface area (Å²) in [5.41, 5.74) is 1.64. The second-order valence-corrected chi connectivity index (χ2v) is 9.21. The molecule has 0 N–H and O–H groups in total. The van der Waals surface area contributed by atoms with E-state index in [0.29, 0.717) is 38.3 Å². The summed E-state index contributed by atoms with van der Waals surface area (Å²) < 4.78 is 33.0. The number of amides is 1. The first-order valence-electron chi connectivity index (χ1n) is 9.90. The molecule has 2 aromatic carbocycles. The van der Waals surface area contributed by atoms with Crippen LogP contribution in [-0.2, 0) is 14.8 Å². The Balaban J connectivity index is 1.66. The van der Waals surface area contributed by atoms with Gasteiger partial charge in [0.15, 0.2) is 0 Å². The number of hydrogen-bond donors (Lipinski definition) is 0. The molecule has 0 saturated carbocycles. The number of para-hydroxylation sites is 1. The Kier molecular flexibility index (Phi) is 6.59. The molecule has 6 nitrogen and oxygen atoms in total. The molecule has 2 aromatic rings. The summed E-state index contributed by atoms with van der Waals surface area (Å²) in [5.74, 6) is 0.554. The van der Waals surface area contributed by atoms with Crippen LogP contribution in [0.3, 0.4) is 0 Å². The number of anilines is 1. The lowest BCUT2D eigenvalue weighted by atomic mass is 9.96. The van der Waals surface area contributed by atoms with Gasteiger partial charge in [-0.3, -0.25) is 4.79 Å². The molecule has 0 aromatic heterocycles. The fourth-order valence-electron chi connectivity index (χ4n) is 3.64. The van der Waals surface area contributed by atoms with E-state index >= 15 is 0 Å². The molecule has 3 rings (SSSR count). The van der Waals surface area contributed by atoms with Gasteiger partial charge in [0.2, 0.25) is 15.9 Å². The lowest BCUT2D eigenvalue weighted by Gasteiger charge is -2.32. The summed E-state index contributed by atoms with van der Waals surface area (Å²) in [5, 5.41) is 0. The monoisotopic (exact) mass is 416 g/mol.